The van der Waals surface area contributed by atoms with Crippen LogP contribution in [0.2, 0.25) is 0 Å². The Labute approximate surface area is 148 Å². The van der Waals surface area contributed by atoms with E-state index in [-0.39, 0.29) is 5.91 Å². The van der Waals surface area contributed by atoms with E-state index in [1.807, 2.05) is 49.4 Å². The number of benzene rings is 1. The Hall–Kier alpha value is -2.86. The van der Waals surface area contributed by atoms with Gasteiger partial charge in [0.1, 0.15) is 22.1 Å². The molecular formula is C19H16N2O3S. The molecular weight excluding hydrogens is 336 g/mol. The lowest BCUT2D eigenvalue weighted by Crippen LogP contribution is -2.21. The smallest absolute Gasteiger partial charge is 0.261 e. The number of methoxy groups -OCH3 is 1. The molecule has 25 heavy (non-hydrogen) atoms. The highest BCUT2D eigenvalue weighted by atomic mass is 32.1. The van der Waals surface area contributed by atoms with Crippen LogP contribution in [0.3, 0.4) is 0 Å². The van der Waals surface area contributed by atoms with Crippen LogP contribution in [0.5, 0.6) is 5.75 Å². The number of fused-ring (bicyclic) bond motifs is 2. The highest BCUT2D eigenvalue weighted by molar-refractivity contribution is 7.20. The number of thiophene rings is 1. The molecule has 3 aromatic heterocycles. The standard InChI is InChI=1S/C19H16N2O3S/c1-11-3-4-15(24-11)10-20-18(22)17-9-13-7-12-8-14(23-2)5-6-16(12)21-19(13)25-17/h3-9H,10H2,1-2H3,(H,20,22). The normalized spacial score (nSPS) is 11.1. The molecule has 0 spiro atoms. The molecule has 4 rings (SSSR count). The summed E-state index contributed by atoms with van der Waals surface area (Å²) in [5.74, 6) is 2.23. The van der Waals surface area contributed by atoms with Gasteiger partial charge in [-0.05, 0) is 49.4 Å². The monoisotopic (exact) mass is 352 g/mol. The van der Waals surface area contributed by atoms with Crippen molar-refractivity contribution in [1.29, 1.82) is 0 Å². The van der Waals surface area contributed by atoms with E-state index in [4.69, 9.17) is 9.15 Å². The number of aromatic nitrogens is 1. The van der Waals surface area contributed by atoms with Crippen LogP contribution in [0.4, 0.5) is 0 Å². The minimum atomic E-state index is -0.126. The van der Waals surface area contributed by atoms with E-state index in [1.165, 1.54) is 11.3 Å². The predicted molar refractivity (Wildman–Crippen MR) is 98.3 cm³/mol. The number of nitrogens with zero attached hydrogens (tertiary/aromatic N) is 1. The molecule has 0 bridgehead atoms. The number of aryl methyl sites for hydroxylation is 1. The summed E-state index contributed by atoms with van der Waals surface area (Å²) < 4.78 is 10.7. The van der Waals surface area contributed by atoms with Crippen molar-refractivity contribution in [3.63, 3.8) is 0 Å². The second-order valence-electron chi connectivity index (χ2n) is 5.75. The summed E-state index contributed by atoms with van der Waals surface area (Å²) in [7, 11) is 1.64. The van der Waals surface area contributed by atoms with Crippen LogP contribution in [0.15, 0.2) is 46.9 Å². The molecule has 0 saturated carbocycles. The van der Waals surface area contributed by atoms with E-state index in [1.54, 1.807) is 7.11 Å². The largest absolute Gasteiger partial charge is 0.497 e. The van der Waals surface area contributed by atoms with Crippen LogP contribution >= 0.6 is 11.3 Å². The number of carbonyl (C=O) groups is 1. The molecule has 1 N–H and O–H groups in total. The Kier molecular flexibility index (Phi) is 3.89. The third-order valence-corrected chi connectivity index (χ3v) is 4.99. The summed E-state index contributed by atoms with van der Waals surface area (Å²) in [5, 5.41) is 4.82. The van der Waals surface area contributed by atoms with E-state index in [2.05, 4.69) is 10.3 Å². The van der Waals surface area contributed by atoms with E-state index in [0.29, 0.717) is 11.4 Å². The van der Waals surface area contributed by atoms with Gasteiger partial charge in [0.25, 0.3) is 5.91 Å². The molecule has 0 aliphatic rings. The molecule has 3 heterocycles. The molecule has 0 fully saturated rings. The average molecular weight is 352 g/mol. The molecule has 0 radical (unpaired) electrons. The quantitative estimate of drug-likeness (QED) is 0.595. The van der Waals surface area contributed by atoms with Gasteiger partial charge in [-0.15, -0.1) is 11.3 Å². The van der Waals surface area contributed by atoms with Crippen molar-refractivity contribution in [2.75, 3.05) is 7.11 Å². The number of ether oxygens (including phenoxy) is 1. The lowest BCUT2D eigenvalue weighted by Gasteiger charge is -2.01. The fraction of sp³-hybridized carbons (Fsp3) is 0.158. The molecule has 0 aliphatic heterocycles. The van der Waals surface area contributed by atoms with Crippen molar-refractivity contribution >= 4 is 38.4 Å². The van der Waals surface area contributed by atoms with Crippen LogP contribution in [-0.4, -0.2) is 18.0 Å². The van der Waals surface area contributed by atoms with Gasteiger partial charge in [0.2, 0.25) is 0 Å². The van der Waals surface area contributed by atoms with E-state index >= 15 is 0 Å². The number of nitrogens with one attached hydrogen (secondary N) is 1. The van der Waals surface area contributed by atoms with Gasteiger partial charge in [0.05, 0.1) is 24.0 Å². The lowest BCUT2D eigenvalue weighted by atomic mass is 10.2. The summed E-state index contributed by atoms with van der Waals surface area (Å²) in [6.45, 7) is 2.25. The molecule has 5 nitrogen and oxygen atoms in total. The van der Waals surface area contributed by atoms with Gasteiger partial charge in [-0.3, -0.25) is 4.79 Å². The molecule has 0 aliphatic carbocycles. The predicted octanol–water partition coefficient (Wildman–Crippen LogP) is 4.29. The fourth-order valence-electron chi connectivity index (χ4n) is 2.69. The zero-order chi connectivity index (χ0) is 17.4. The maximum absolute atomic E-state index is 12.4. The summed E-state index contributed by atoms with van der Waals surface area (Å²) in [6, 6.07) is 13.4. The van der Waals surface area contributed by atoms with Crippen LogP contribution in [-0.2, 0) is 6.54 Å². The maximum Gasteiger partial charge on any atom is 0.261 e. The van der Waals surface area contributed by atoms with Gasteiger partial charge < -0.3 is 14.5 Å². The summed E-state index contributed by atoms with van der Waals surface area (Å²) in [5.41, 5.74) is 0.883. The Balaban J connectivity index is 1.61. The Morgan fingerprint density at radius 3 is 2.84 bits per heavy atom. The van der Waals surface area contributed by atoms with E-state index < -0.39 is 0 Å². The Morgan fingerprint density at radius 2 is 2.08 bits per heavy atom. The average Bonchev–Trinajstić information content (AvgIpc) is 3.22. The summed E-state index contributed by atoms with van der Waals surface area (Å²) >= 11 is 1.39. The van der Waals surface area contributed by atoms with Crippen molar-refractivity contribution in [2.45, 2.75) is 13.5 Å². The van der Waals surface area contributed by atoms with Gasteiger partial charge in [-0.25, -0.2) is 4.98 Å². The second kappa shape index (κ2) is 6.22. The molecule has 0 unspecified atom stereocenters. The fourth-order valence-corrected chi connectivity index (χ4v) is 3.63. The summed E-state index contributed by atoms with van der Waals surface area (Å²) in [4.78, 5) is 18.5. The highest BCUT2D eigenvalue weighted by Gasteiger charge is 2.12. The van der Waals surface area contributed by atoms with Gasteiger partial charge in [-0.2, -0.15) is 0 Å². The van der Waals surface area contributed by atoms with E-state index in [0.717, 1.165) is 38.4 Å². The van der Waals surface area contributed by atoms with Crippen LogP contribution in [0.25, 0.3) is 21.1 Å². The van der Waals surface area contributed by atoms with Crippen LogP contribution in [0.1, 0.15) is 21.2 Å². The van der Waals surface area contributed by atoms with Crippen molar-refractivity contribution in [3.8, 4) is 5.75 Å². The van der Waals surface area contributed by atoms with Crippen LogP contribution < -0.4 is 10.1 Å². The first-order chi connectivity index (χ1) is 12.1. The maximum atomic E-state index is 12.4. The van der Waals surface area contributed by atoms with Gasteiger partial charge >= 0.3 is 0 Å². The Bertz CT molecular complexity index is 1080. The SMILES string of the molecule is COc1ccc2nc3sc(C(=O)NCc4ccc(C)o4)cc3cc2c1. The van der Waals surface area contributed by atoms with Gasteiger partial charge in [0.15, 0.2) is 0 Å². The topological polar surface area (TPSA) is 64.4 Å². The number of carbonyl (C=O) groups excluding carboxylic acids is 1. The van der Waals surface area contributed by atoms with E-state index in [9.17, 15) is 4.79 Å². The third-order valence-electron chi connectivity index (χ3n) is 3.95. The Morgan fingerprint density at radius 1 is 1.20 bits per heavy atom. The molecule has 1 amide bonds. The van der Waals surface area contributed by atoms with Crippen molar-refractivity contribution in [2.24, 2.45) is 0 Å². The second-order valence-corrected chi connectivity index (χ2v) is 6.78. The molecule has 126 valence electrons. The number of hydrogen-bond acceptors (Lipinski definition) is 5. The van der Waals surface area contributed by atoms with Gasteiger partial charge in [-0.1, -0.05) is 0 Å². The molecule has 1 aromatic carbocycles. The number of hydrogen-bond donors (Lipinski definition) is 1. The zero-order valence-corrected chi connectivity index (χ0v) is 14.6. The summed E-state index contributed by atoms with van der Waals surface area (Å²) in [6.07, 6.45) is 0. The number of pyridine rings is 1. The zero-order valence-electron chi connectivity index (χ0n) is 13.8. The molecule has 6 heteroatoms. The lowest BCUT2D eigenvalue weighted by molar-refractivity contribution is 0.0952. The van der Waals surface area contributed by atoms with Crippen molar-refractivity contribution < 1.29 is 13.9 Å². The minimum Gasteiger partial charge on any atom is -0.497 e. The first kappa shape index (κ1) is 15.7. The highest BCUT2D eigenvalue weighted by Crippen LogP contribution is 2.29. The molecule has 4 aromatic rings. The first-order valence-corrected chi connectivity index (χ1v) is 8.66. The van der Waals surface area contributed by atoms with Crippen molar-refractivity contribution in [1.82, 2.24) is 10.3 Å². The third kappa shape index (κ3) is 3.08. The molecule has 0 saturated heterocycles. The number of furan rings is 1. The van der Waals surface area contributed by atoms with Crippen molar-refractivity contribution in [3.05, 3.63) is 58.9 Å². The minimum absolute atomic E-state index is 0.126. The number of rotatable bonds is 4. The molecule has 0 atom stereocenters. The first-order valence-electron chi connectivity index (χ1n) is 7.84. The van der Waals surface area contributed by atoms with Gasteiger partial charge in [0, 0.05) is 10.8 Å². The number of amides is 1. The van der Waals surface area contributed by atoms with Crippen LogP contribution in [0, 0.1) is 6.92 Å².